The van der Waals surface area contributed by atoms with Crippen LogP contribution in [-0.4, -0.2) is 57.5 Å². The maximum Gasteiger partial charge on any atom is 0.337 e. The lowest BCUT2D eigenvalue weighted by Crippen LogP contribution is -2.51. The van der Waals surface area contributed by atoms with Crippen LogP contribution >= 0.6 is 11.6 Å². The van der Waals surface area contributed by atoms with Crippen LogP contribution in [0.25, 0.3) is 5.69 Å². The first kappa shape index (κ1) is 17.4. The number of aliphatic hydroxyl groups is 1. The molecule has 0 unspecified atom stereocenters. The van der Waals surface area contributed by atoms with E-state index in [9.17, 15) is 14.7 Å². The van der Waals surface area contributed by atoms with Gasteiger partial charge in [-0.3, -0.25) is 4.79 Å². The summed E-state index contributed by atoms with van der Waals surface area (Å²) in [5, 5.41) is 15.0. The Bertz CT molecular complexity index is 797. The molecule has 1 aliphatic rings. The largest absolute Gasteiger partial charge is 0.467 e. The number of hydrogen-bond acceptors (Lipinski definition) is 5. The van der Waals surface area contributed by atoms with Gasteiger partial charge in [0.1, 0.15) is 0 Å². The fraction of sp³-hybridized carbons (Fsp3) is 0.353. The zero-order chi connectivity index (χ0) is 18.0. The second-order valence-electron chi connectivity index (χ2n) is 5.97. The fourth-order valence-electron chi connectivity index (χ4n) is 2.85. The minimum absolute atomic E-state index is 0.147. The van der Waals surface area contributed by atoms with E-state index >= 15 is 0 Å². The molecule has 1 aromatic carbocycles. The standard InChI is InChI=1S/C17H18ClN3O4/c1-25-16(23)17(24)5-7-20(8-6-17)15(22)12-10-19-21(11-12)14-4-2-3-13(18)9-14/h2-4,9-11,24H,5-8H2,1H3. The number of methoxy groups -OCH3 is 1. The van der Waals surface area contributed by atoms with E-state index in [1.165, 1.54) is 13.3 Å². The van der Waals surface area contributed by atoms with Gasteiger partial charge in [0.05, 0.1) is 24.6 Å². The average Bonchev–Trinajstić information content (AvgIpc) is 3.11. The van der Waals surface area contributed by atoms with Crippen molar-refractivity contribution < 1.29 is 19.4 Å². The number of hydrogen-bond donors (Lipinski definition) is 1. The van der Waals surface area contributed by atoms with E-state index in [1.807, 2.05) is 6.07 Å². The van der Waals surface area contributed by atoms with Gasteiger partial charge < -0.3 is 14.7 Å². The van der Waals surface area contributed by atoms with Crippen LogP contribution in [0.5, 0.6) is 0 Å². The molecule has 1 fully saturated rings. The Morgan fingerprint density at radius 3 is 2.68 bits per heavy atom. The van der Waals surface area contributed by atoms with Gasteiger partial charge in [0.25, 0.3) is 5.91 Å². The van der Waals surface area contributed by atoms with E-state index < -0.39 is 11.6 Å². The van der Waals surface area contributed by atoms with Crippen LogP contribution in [0.1, 0.15) is 23.2 Å². The molecule has 1 aromatic heterocycles. The Morgan fingerprint density at radius 1 is 1.32 bits per heavy atom. The van der Waals surface area contributed by atoms with Gasteiger partial charge in [0.15, 0.2) is 5.60 Å². The van der Waals surface area contributed by atoms with Gasteiger partial charge in [-0.25, -0.2) is 9.48 Å². The maximum atomic E-state index is 12.6. The lowest BCUT2D eigenvalue weighted by molar-refractivity contribution is -0.166. The monoisotopic (exact) mass is 363 g/mol. The number of carbonyl (C=O) groups is 2. The van der Waals surface area contributed by atoms with Crippen molar-refractivity contribution in [1.82, 2.24) is 14.7 Å². The van der Waals surface area contributed by atoms with Crippen LogP contribution in [0, 0.1) is 0 Å². The molecule has 0 aliphatic carbocycles. The zero-order valence-electron chi connectivity index (χ0n) is 13.7. The van der Waals surface area contributed by atoms with E-state index in [1.54, 1.807) is 34.0 Å². The van der Waals surface area contributed by atoms with Crippen molar-refractivity contribution in [2.24, 2.45) is 0 Å². The Kier molecular flexibility index (Phi) is 4.78. The van der Waals surface area contributed by atoms with Gasteiger partial charge in [-0.05, 0) is 18.2 Å². The predicted molar refractivity (Wildman–Crippen MR) is 90.7 cm³/mol. The first-order valence-corrected chi connectivity index (χ1v) is 8.21. The summed E-state index contributed by atoms with van der Waals surface area (Å²) in [6.07, 6.45) is 3.42. The molecule has 8 heteroatoms. The number of halogens is 1. The number of ether oxygens (including phenoxy) is 1. The number of aromatic nitrogens is 2. The molecule has 25 heavy (non-hydrogen) atoms. The molecule has 1 saturated heterocycles. The van der Waals surface area contributed by atoms with Crippen molar-refractivity contribution in [3.63, 3.8) is 0 Å². The van der Waals surface area contributed by atoms with Gasteiger partial charge in [0.2, 0.25) is 0 Å². The molecule has 0 saturated carbocycles. The van der Waals surface area contributed by atoms with Crippen LogP contribution in [0.4, 0.5) is 0 Å². The predicted octanol–water partition coefficient (Wildman–Crippen LogP) is 1.67. The van der Waals surface area contributed by atoms with Crippen molar-refractivity contribution >= 4 is 23.5 Å². The van der Waals surface area contributed by atoms with Crippen molar-refractivity contribution in [3.8, 4) is 5.69 Å². The maximum absolute atomic E-state index is 12.6. The zero-order valence-corrected chi connectivity index (χ0v) is 14.4. The summed E-state index contributed by atoms with van der Waals surface area (Å²) in [7, 11) is 1.24. The van der Waals surface area contributed by atoms with Crippen LogP contribution in [0.3, 0.4) is 0 Å². The lowest BCUT2D eigenvalue weighted by Gasteiger charge is -2.35. The molecule has 3 rings (SSSR count). The molecule has 0 bridgehead atoms. The Labute approximate surface area is 149 Å². The molecule has 1 aliphatic heterocycles. The highest BCUT2D eigenvalue weighted by molar-refractivity contribution is 6.30. The fourth-order valence-corrected chi connectivity index (χ4v) is 3.03. The van der Waals surface area contributed by atoms with Crippen molar-refractivity contribution in [2.75, 3.05) is 20.2 Å². The first-order valence-electron chi connectivity index (χ1n) is 7.84. The van der Waals surface area contributed by atoms with E-state index in [0.29, 0.717) is 10.6 Å². The molecule has 2 heterocycles. The number of amides is 1. The molecule has 1 N–H and O–H groups in total. The highest BCUT2D eigenvalue weighted by Crippen LogP contribution is 2.25. The summed E-state index contributed by atoms with van der Waals surface area (Å²) in [4.78, 5) is 25.8. The average molecular weight is 364 g/mol. The second-order valence-corrected chi connectivity index (χ2v) is 6.41. The third-order valence-electron chi connectivity index (χ3n) is 4.35. The number of benzene rings is 1. The van der Waals surface area contributed by atoms with E-state index in [4.69, 9.17) is 11.6 Å². The Morgan fingerprint density at radius 2 is 2.04 bits per heavy atom. The number of esters is 1. The first-order chi connectivity index (χ1) is 11.9. The van der Waals surface area contributed by atoms with E-state index in [0.717, 1.165) is 5.69 Å². The molecule has 7 nitrogen and oxygen atoms in total. The molecular weight excluding hydrogens is 346 g/mol. The summed E-state index contributed by atoms with van der Waals surface area (Å²) in [5.41, 5.74) is -0.329. The van der Waals surface area contributed by atoms with Gasteiger partial charge in [-0.15, -0.1) is 0 Å². The normalized spacial score (nSPS) is 16.5. The van der Waals surface area contributed by atoms with Crippen molar-refractivity contribution in [3.05, 3.63) is 47.2 Å². The minimum atomic E-state index is -1.52. The lowest BCUT2D eigenvalue weighted by atomic mass is 9.91. The highest BCUT2D eigenvalue weighted by atomic mass is 35.5. The third-order valence-corrected chi connectivity index (χ3v) is 4.58. The number of nitrogens with zero attached hydrogens (tertiary/aromatic N) is 3. The van der Waals surface area contributed by atoms with Crippen LogP contribution in [0.15, 0.2) is 36.7 Å². The van der Waals surface area contributed by atoms with Crippen LogP contribution < -0.4 is 0 Å². The topological polar surface area (TPSA) is 84.7 Å². The Hall–Kier alpha value is -2.38. The Balaban J connectivity index is 1.70. The number of likely N-dealkylation sites (tertiary alicyclic amines) is 1. The minimum Gasteiger partial charge on any atom is -0.467 e. The smallest absolute Gasteiger partial charge is 0.337 e. The quantitative estimate of drug-likeness (QED) is 0.838. The number of rotatable bonds is 3. The van der Waals surface area contributed by atoms with Crippen molar-refractivity contribution in [1.29, 1.82) is 0 Å². The molecule has 1 amide bonds. The SMILES string of the molecule is COC(=O)C1(O)CCN(C(=O)c2cnn(-c3cccc(Cl)c3)c2)CC1. The molecule has 2 aromatic rings. The molecule has 0 spiro atoms. The highest BCUT2D eigenvalue weighted by Gasteiger charge is 2.41. The summed E-state index contributed by atoms with van der Waals surface area (Å²) in [5.74, 6) is -0.853. The van der Waals surface area contributed by atoms with Gasteiger partial charge in [-0.1, -0.05) is 17.7 Å². The number of carbonyl (C=O) groups excluding carboxylic acids is 2. The van der Waals surface area contributed by atoms with Gasteiger partial charge in [-0.2, -0.15) is 5.10 Å². The van der Waals surface area contributed by atoms with Crippen LogP contribution in [0.2, 0.25) is 5.02 Å². The second kappa shape index (κ2) is 6.85. The molecule has 0 radical (unpaired) electrons. The summed E-state index contributed by atoms with van der Waals surface area (Å²) >= 11 is 5.97. The van der Waals surface area contributed by atoms with Gasteiger partial charge in [0, 0.05) is 37.2 Å². The van der Waals surface area contributed by atoms with Crippen LogP contribution in [-0.2, 0) is 9.53 Å². The molecule has 0 atom stereocenters. The number of piperidine rings is 1. The van der Waals surface area contributed by atoms with E-state index in [2.05, 4.69) is 9.84 Å². The van der Waals surface area contributed by atoms with Gasteiger partial charge >= 0.3 is 5.97 Å². The molecule has 132 valence electrons. The summed E-state index contributed by atoms with van der Waals surface area (Å²) in [6.45, 7) is 0.541. The third kappa shape index (κ3) is 3.52. The summed E-state index contributed by atoms with van der Waals surface area (Å²) in [6, 6.07) is 7.15. The summed E-state index contributed by atoms with van der Waals surface area (Å²) < 4.78 is 6.20. The van der Waals surface area contributed by atoms with Crippen molar-refractivity contribution in [2.45, 2.75) is 18.4 Å². The van der Waals surface area contributed by atoms with E-state index in [-0.39, 0.29) is 31.8 Å². The molecular formula is C17H18ClN3O4.